The zero-order valence-corrected chi connectivity index (χ0v) is 13.3. The Balaban J connectivity index is 2.29. The molecule has 1 heterocycles. The van der Waals surface area contributed by atoms with Crippen molar-refractivity contribution >= 4 is 27.2 Å². The molecule has 112 valence electrons. The van der Waals surface area contributed by atoms with Gasteiger partial charge in [0.25, 0.3) is 0 Å². The van der Waals surface area contributed by atoms with E-state index in [9.17, 15) is 8.42 Å². The van der Waals surface area contributed by atoms with E-state index in [4.69, 9.17) is 18.0 Å². The number of sulfonamides is 1. The highest BCUT2D eigenvalue weighted by Gasteiger charge is 2.18. The fourth-order valence-electron chi connectivity index (χ4n) is 1.86. The highest BCUT2D eigenvalue weighted by molar-refractivity contribution is 7.89. The van der Waals surface area contributed by atoms with E-state index in [-0.39, 0.29) is 16.4 Å². The summed E-state index contributed by atoms with van der Waals surface area (Å²) in [7, 11) is -1.89. The molecule has 0 aliphatic heterocycles. The molecule has 3 N–H and O–H groups in total. The van der Waals surface area contributed by atoms with Crippen LogP contribution in [0, 0.1) is 6.92 Å². The average molecular weight is 324 g/mol. The van der Waals surface area contributed by atoms with Gasteiger partial charge < -0.3 is 5.73 Å². The number of hydrogen-bond donors (Lipinski definition) is 2. The normalized spacial score (nSPS) is 11.5. The molecule has 0 bridgehead atoms. The van der Waals surface area contributed by atoms with Crippen molar-refractivity contribution in [2.75, 3.05) is 0 Å². The molecule has 0 unspecified atom stereocenters. The molecule has 8 heteroatoms. The lowest BCUT2D eigenvalue weighted by molar-refractivity contribution is 0.576. The van der Waals surface area contributed by atoms with Gasteiger partial charge in [0.1, 0.15) is 4.99 Å². The summed E-state index contributed by atoms with van der Waals surface area (Å²) in [5.74, 6) is 0. The van der Waals surface area contributed by atoms with Crippen LogP contribution in [0.25, 0.3) is 0 Å². The molecular formula is C13H16N4O2S2. The van der Waals surface area contributed by atoms with Crippen molar-refractivity contribution in [2.24, 2.45) is 12.8 Å². The summed E-state index contributed by atoms with van der Waals surface area (Å²) in [5.41, 5.74) is 7.47. The molecule has 6 nitrogen and oxygen atoms in total. The lowest BCUT2D eigenvalue weighted by Crippen LogP contribution is -2.25. The third kappa shape index (κ3) is 3.46. The third-order valence-electron chi connectivity index (χ3n) is 3.13. The first kappa shape index (κ1) is 15.6. The van der Waals surface area contributed by atoms with Crippen molar-refractivity contribution < 1.29 is 8.42 Å². The van der Waals surface area contributed by atoms with Crippen molar-refractivity contribution in [3.8, 4) is 0 Å². The van der Waals surface area contributed by atoms with Gasteiger partial charge >= 0.3 is 0 Å². The largest absolute Gasteiger partial charge is 0.389 e. The Hall–Kier alpha value is -1.77. The minimum Gasteiger partial charge on any atom is -0.389 e. The van der Waals surface area contributed by atoms with E-state index < -0.39 is 10.0 Å². The van der Waals surface area contributed by atoms with Crippen molar-refractivity contribution in [2.45, 2.75) is 18.4 Å². The molecule has 0 saturated heterocycles. The zero-order valence-electron chi connectivity index (χ0n) is 11.7. The van der Waals surface area contributed by atoms with Gasteiger partial charge in [-0.15, -0.1) is 0 Å². The molecule has 0 amide bonds. The summed E-state index contributed by atoms with van der Waals surface area (Å²) in [6.45, 7) is 1.89. The summed E-state index contributed by atoms with van der Waals surface area (Å²) in [5, 5.41) is 3.99. The van der Waals surface area contributed by atoms with Crippen LogP contribution in [0.5, 0.6) is 0 Å². The molecular weight excluding hydrogens is 308 g/mol. The smallest absolute Gasteiger partial charge is 0.241 e. The van der Waals surface area contributed by atoms with Crippen LogP contribution in [0.1, 0.15) is 16.8 Å². The molecule has 0 aliphatic carbocycles. The maximum absolute atomic E-state index is 12.4. The van der Waals surface area contributed by atoms with Gasteiger partial charge in [0, 0.05) is 18.8 Å². The number of rotatable bonds is 5. The average Bonchev–Trinajstić information content (AvgIpc) is 2.82. The molecule has 0 radical (unpaired) electrons. The number of nitrogens with zero attached hydrogens (tertiary/aromatic N) is 2. The number of nitrogens with one attached hydrogen (secondary N) is 1. The maximum Gasteiger partial charge on any atom is 0.241 e. The highest BCUT2D eigenvalue weighted by atomic mass is 32.2. The van der Waals surface area contributed by atoms with E-state index in [1.807, 2.05) is 0 Å². The van der Waals surface area contributed by atoms with Gasteiger partial charge in [-0.05, 0) is 24.6 Å². The predicted molar refractivity (Wildman–Crippen MR) is 84.3 cm³/mol. The first-order valence-corrected chi connectivity index (χ1v) is 8.07. The number of nitrogens with two attached hydrogens (primary N) is 1. The third-order valence-corrected chi connectivity index (χ3v) is 4.91. The number of benzene rings is 1. The van der Waals surface area contributed by atoms with Gasteiger partial charge in [-0.3, -0.25) is 4.68 Å². The molecule has 1 aromatic heterocycles. The van der Waals surface area contributed by atoms with E-state index in [1.165, 1.54) is 6.07 Å². The second-order valence-electron chi connectivity index (χ2n) is 4.62. The molecule has 1 aromatic carbocycles. The van der Waals surface area contributed by atoms with E-state index in [1.54, 1.807) is 43.0 Å². The second kappa shape index (κ2) is 5.92. The Morgan fingerprint density at radius 3 is 2.71 bits per heavy atom. The first-order valence-electron chi connectivity index (χ1n) is 6.18. The van der Waals surface area contributed by atoms with E-state index >= 15 is 0 Å². The summed E-state index contributed by atoms with van der Waals surface area (Å²) in [4.78, 5) is 0.341. The van der Waals surface area contributed by atoms with Crippen LogP contribution in [-0.2, 0) is 23.6 Å². The summed E-state index contributed by atoms with van der Waals surface area (Å²) < 4.78 is 29.0. The second-order valence-corrected chi connectivity index (χ2v) is 6.79. The minimum absolute atomic E-state index is 0.162. The SMILES string of the molecule is Cc1ccc(C(N)=S)cc1S(=O)(=O)NCc1ccnn1C. The molecule has 0 aliphatic rings. The quantitative estimate of drug-likeness (QED) is 0.796. The summed E-state index contributed by atoms with van der Waals surface area (Å²) in [6, 6.07) is 6.63. The number of aromatic nitrogens is 2. The first-order chi connectivity index (χ1) is 9.81. The van der Waals surface area contributed by atoms with E-state index in [0.717, 1.165) is 5.69 Å². The fourth-order valence-corrected chi connectivity index (χ4v) is 3.26. The van der Waals surface area contributed by atoms with E-state index in [0.29, 0.717) is 11.1 Å². The summed E-state index contributed by atoms with van der Waals surface area (Å²) in [6.07, 6.45) is 1.61. The van der Waals surface area contributed by atoms with Crippen LogP contribution < -0.4 is 10.5 Å². The Kier molecular flexibility index (Phi) is 4.40. The van der Waals surface area contributed by atoms with Gasteiger partial charge in [0.15, 0.2) is 0 Å². The monoisotopic (exact) mass is 324 g/mol. The molecule has 0 spiro atoms. The lowest BCUT2D eigenvalue weighted by atomic mass is 10.1. The lowest BCUT2D eigenvalue weighted by Gasteiger charge is -2.11. The molecule has 0 atom stereocenters. The number of thiocarbonyl (C=S) groups is 1. The predicted octanol–water partition coefficient (Wildman–Crippen LogP) is 0.841. The Morgan fingerprint density at radius 1 is 1.43 bits per heavy atom. The van der Waals surface area contributed by atoms with Crippen molar-refractivity contribution in [3.63, 3.8) is 0 Å². The Morgan fingerprint density at radius 2 is 2.14 bits per heavy atom. The molecule has 0 fully saturated rings. The minimum atomic E-state index is -3.65. The fraction of sp³-hybridized carbons (Fsp3) is 0.231. The van der Waals surface area contributed by atoms with Gasteiger partial charge in [0.05, 0.1) is 17.1 Å². The topological polar surface area (TPSA) is 90.0 Å². The number of aryl methyl sites for hydroxylation is 2. The van der Waals surface area contributed by atoms with Crippen LogP contribution in [0.2, 0.25) is 0 Å². The van der Waals surface area contributed by atoms with Crippen molar-refractivity contribution in [1.82, 2.24) is 14.5 Å². The molecule has 21 heavy (non-hydrogen) atoms. The van der Waals surface area contributed by atoms with Crippen LogP contribution in [0.15, 0.2) is 35.4 Å². The van der Waals surface area contributed by atoms with Crippen LogP contribution >= 0.6 is 12.2 Å². The Bertz CT molecular complexity index is 781. The van der Waals surface area contributed by atoms with Crippen LogP contribution in [0.3, 0.4) is 0 Å². The molecule has 2 rings (SSSR count). The van der Waals surface area contributed by atoms with Gasteiger partial charge in [-0.1, -0.05) is 24.4 Å². The van der Waals surface area contributed by atoms with Crippen molar-refractivity contribution in [1.29, 1.82) is 0 Å². The van der Waals surface area contributed by atoms with Crippen LogP contribution in [-0.4, -0.2) is 23.2 Å². The molecule has 0 saturated carbocycles. The summed E-state index contributed by atoms with van der Waals surface area (Å²) >= 11 is 4.89. The highest BCUT2D eigenvalue weighted by Crippen LogP contribution is 2.17. The number of hydrogen-bond acceptors (Lipinski definition) is 4. The van der Waals surface area contributed by atoms with Crippen LogP contribution in [0.4, 0.5) is 0 Å². The zero-order chi connectivity index (χ0) is 15.6. The standard InChI is InChI=1S/C13H16N4O2S2/c1-9-3-4-10(13(14)20)7-12(9)21(18,19)16-8-11-5-6-15-17(11)2/h3-7,16H,8H2,1-2H3,(H2,14,20). The maximum atomic E-state index is 12.4. The molecule has 2 aromatic rings. The van der Waals surface area contributed by atoms with Gasteiger partial charge in [-0.2, -0.15) is 5.10 Å². The van der Waals surface area contributed by atoms with Crippen molar-refractivity contribution in [3.05, 3.63) is 47.3 Å². The Labute approximate surface area is 129 Å². The van der Waals surface area contributed by atoms with E-state index in [2.05, 4.69) is 9.82 Å². The van der Waals surface area contributed by atoms with Gasteiger partial charge in [0.2, 0.25) is 10.0 Å². The van der Waals surface area contributed by atoms with Gasteiger partial charge in [-0.25, -0.2) is 13.1 Å².